The maximum atomic E-state index is 5.68. The van der Waals surface area contributed by atoms with Crippen LogP contribution in [0.1, 0.15) is 0 Å². The summed E-state index contributed by atoms with van der Waals surface area (Å²) in [5, 5.41) is 3.65. The van der Waals surface area contributed by atoms with Gasteiger partial charge in [0, 0.05) is 25.0 Å². The van der Waals surface area contributed by atoms with Crippen molar-refractivity contribution in [2.45, 2.75) is 0 Å². The summed E-state index contributed by atoms with van der Waals surface area (Å²) in [5.74, 6) is 0. The van der Waals surface area contributed by atoms with Crippen LogP contribution in [0.15, 0.2) is 18.3 Å². The summed E-state index contributed by atoms with van der Waals surface area (Å²) in [5.41, 5.74) is 0.971. The van der Waals surface area contributed by atoms with Crippen LogP contribution < -0.4 is 10.0 Å². The molecule has 0 spiro atoms. The van der Waals surface area contributed by atoms with Gasteiger partial charge in [0.15, 0.2) is 0 Å². The van der Waals surface area contributed by atoms with E-state index in [2.05, 4.69) is 27.8 Å². The van der Waals surface area contributed by atoms with E-state index >= 15 is 0 Å². The second kappa shape index (κ2) is 5.24. The molecule has 0 amide bonds. The van der Waals surface area contributed by atoms with Gasteiger partial charge in [-0.1, -0.05) is 24.4 Å². The Kier molecular flexibility index (Phi) is 4.21. The van der Waals surface area contributed by atoms with Crippen LogP contribution in [0.3, 0.4) is 0 Å². The van der Waals surface area contributed by atoms with Crippen LogP contribution in [0.4, 0.5) is 5.69 Å². The standard InChI is InChI=1S/C7H10ClN3S/c8-7-5-6(1-2-10-7)9-3-4-11-12/h1-2,5,11-12H,3-4H2,(H,9,10). The molecule has 12 heavy (non-hydrogen) atoms. The highest BCUT2D eigenvalue weighted by atomic mass is 35.5. The zero-order valence-corrected chi connectivity index (χ0v) is 8.07. The predicted molar refractivity (Wildman–Crippen MR) is 54.7 cm³/mol. The summed E-state index contributed by atoms with van der Waals surface area (Å²) in [6, 6.07) is 3.64. The monoisotopic (exact) mass is 203 g/mol. The van der Waals surface area contributed by atoms with Gasteiger partial charge in [0.1, 0.15) is 5.15 Å². The number of pyridine rings is 1. The van der Waals surface area contributed by atoms with Gasteiger partial charge in [-0.05, 0) is 12.1 Å². The SMILES string of the molecule is SNCCNc1ccnc(Cl)c1. The molecule has 0 aliphatic heterocycles. The second-order valence-corrected chi connectivity index (χ2v) is 2.91. The van der Waals surface area contributed by atoms with Crippen LogP contribution >= 0.6 is 24.4 Å². The first-order valence-electron chi connectivity index (χ1n) is 3.55. The molecule has 1 aromatic rings. The molecule has 66 valence electrons. The molecule has 0 unspecified atom stereocenters. The Morgan fingerprint density at radius 3 is 3.00 bits per heavy atom. The summed E-state index contributed by atoms with van der Waals surface area (Å²) in [4.78, 5) is 3.86. The molecular formula is C7H10ClN3S. The molecule has 0 bridgehead atoms. The van der Waals surface area contributed by atoms with Crippen LogP contribution in [-0.4, -0.2) is 18.1 Å². The van der Waals surface area contributed by atoms with E-state index in [4.69, 9.17) is 11.6 Å². The molecule has 0 aliphatic carbocycles. The van der Waals surface area contributed by atoms with Gasteiger partial charge in [0.25, 0.3) is 0 Å². The topological polar surface area (TPSA) is 37.0 Å². The lowest BCUT2D eigenvalue weighted by Crippen LogP contribution is -2.13. The first-order chi connectivity index (χ1) is 5.83. The molecule has 0 saturated heterocycles. The number of nitrogens with zero attached hydrogens (tertiary/aromatic N) is 1. The van der Waals surface area contributed by atoms with Crippen LogP contribution in [0.5, 0.6) is 0 Å². The van der Waals surface area contributed by atoms with Gasteiger partial charge >= 0.3 is 0 Å². The van der Waals surface area contributed by atoms with Gasteiger partial charge in [-0.2, -0.15) is 0 Å². The minimum absolute atomic E-state index is 0.499. The van der Waals surface area contributed by atoms with Crippen LogP contribution in [0.2, 0.25) is 5.15 Å². The third-order valence-electron chi connectivity index (χ3n) is 1.29. The van der Waals surface area contributed by atoms with Gasteiger partial charge in [-0.3, -0.25) is 4.72 Å². The minimum Gasteiger partial charge on any atom is -0.384 e. The lowest BCUT2D eigenvalue weighted by atomic mass is 10.4. The normalized spacial score (nSPS) is 9.83. The van der Waals surface area contributed by atoms with E-state index in [0.29, 0.717) is 5.15 Å². The van der Waals surface area contributed by atoms with E-state index < -0.39 is 0 Å². The molecule has 3 nitrogen and oxygen atoms in total. The fourth-order valence-electron chi connectivity index (χ4n) is 0.775. The van der Waals surface area contributed by atoms with E-state index in [9.17, 15) is 0 Å². The molecular weight excluding hydrogens is 194 g/mol. The Morgan fingerprint density at radius 1 is 1.50 bits per heavy atom. The average molecular weight is 204 g/mol. The molecule has 0 radical (unpaired) electrons. The fourth-order valence-corrected chi connectivity index (χ4v) is 1.06. The maximum absolute atomic E-state index is 5.68. The Morgan fingerprint density at radius 2 is 2.33 bits per heavy atom. The van der Waals surface area contributed by atoms with Crippen LogP contribution in [-0.2, 0) is 0 Å². The van der Waals surface area contributed by atoms with Gasteiger partial charge in [-0.15, -0.1) is 0 Å². The highest BCUT2D eigenvalue weighted by Crippen LogP contribution is 2.10. The van der Waals surface area contributed by atoms with Crippen molar-refractivity contribution >= 4 is 30.1 Å². The smallest absolute Gasteiger partial charge is 0.131 e. The quantitative estimate of drug-likeness (QED) is 0.395. The Hall–Kier alpha value is -0.450. The van der Waals surface area contributed by atoms with E-state index in [1.807, 2.05) is 6.07 Å². The molecule has 2 N–H and O–H groups in total. The maximum Gasteiger partial charge on any atom is 0.131 e. The first-order valence-corrected chi connectivity index (χ1v) is 4.38. The van der Waals surface area contributed by atoms with Gasteiger partial charge < -0.3 is 5.32 Å². The van der Waals surface area contributed by atoms with Crippen LogP contribution in [0.25, 0.3) is 0 Å². The van der Waals surface area contributed by atoms with Crippen molar-refractivity contribution < 1.29 is 0 Å². The summed E-state index contributed by atoms with van der Waals surface area (Å²) in [6.07, 6.45) is 1.67. The van der Waals surface area contributed by atoms with Crippen molar-refractivity contribution in [1.82, 2.24) is 9.71 Å². The molecule has 0 fully saturated rings. The summed E-state index contributed by atoms with van der Waals surface area (Å²) in [7, 11) is 0. The van der Waals surface area contributed by atoms with E-state index in [0.717, 1.165) is 18.8 Å². The molecule has 0 saturated carbocycles. The number of anilines is 1. The molecule has 1 heterocycles. The number of rotatable bonds is 4. The Balaban J connectivity index is 2.41. The lowest BCUT2D eigenvalue weighted by Gasteiger charge is -2.04. The minimum atomic E-state index is 0.499. The number of hydrogen-bond donors (Lipinski definition) is 3. The van der Waals surface area contributed by atoms with Crippen molar-refractivity contribution in [1.29, 1.82) is 0 Å². The lowest BCUT2D eigenvalue weighted by molar-refractivity contribution is 0.961. The van der Waals surface area contributed by atoms with Gasteiger partial charge in [-0.25, -0.2) is 4.98 Å². The number of hydrogen-bond acceptors (Lipinski definition) is 4. The molecule has 0 aliphatic rings. The van der Waals surface area contributed by atoms with E-state index in [1.165, 1.54) is 0 Å². The highest BCUT2D eigenvalue weighted by Gasteiger charge is 1.92. The van der Waals surface area contributed by atoms with Crippen molar-refractivity contribution in [3.8, 4) is 0 Å². The zero-order chi connectivity index (χ0) is 8.81. The second-order valence-electron chi connectivity index (χ2n) is 2.20. The van der Waals surface area contributed by atoms with E-state index in [1.54, 1.807) is 12.3 Å². The van der Waals surface area contributed by atoms with E-state index in [-0.39, 0.29) is 0 Å². The van der Waals surface area contributed by atoms with Gasteiger partial charge in [0.2, 0.25) is 0 Å². The van der Waals surface area contributed by atoms with Crippen molar-refractivity contribution in [2.75, 3.05) is 18.4 Å². The summed E-state index contributed by atoms with van der Waals surface area (Å²) < 4.78 is 2.74. The molecule has 1 rings (SSSR count). The highest BCUT2D eigenvalue weighted by molar-refractivity contribution is 7.78. The third kappa shape index (κ3) is 3.30. The fraction of sp³-hybridized carbons (Fsp3) is 0.286. The Bertz CT molecular complexity index is 244. The van der Waals surface area contributed by atoms with Crippen molar-refractivity contribution in [2.24, 2.45) is 0 Å². The number of nitrogens with one attached hydrogen (secondary N) is 2. The number of aromatic nitrogens is 1. The number of thiol groups is 1. The van der Waals surface area contributed by atoms with Gasteiger partial charge in [0.05, 0.1) is 0 Å². The largest absolute Gasteiger partial charge is 0.384 e. The van der Waals surface area contributed by atoms with Crippen molar-refractivity contribution in [3.63, 3.8) is 0 Å². The summed E-state index contributed by atoms with van der Waals surface area (Å²) >= 11 is 9.53. The molecule has 0 aromatic carbocycles. The van der Waals surface area contributed by atoms with Crippen molar-refractivity contribution in [3.05, 3.63) is 23.5 Å². The molecule has 5 heteroatoms. The summed E-state index contributed by atoms with van der Waals surface area (Å²) in [6.45, 7) is 1.60. The first kappa shape index (κ1) is 9.64. The number of halogens is 1. The predicted octanol–water partition coefficient (Wildman–Crippen LogP) is 1.58. The zero-order valence-electron chi connectivity index (χ0n) is 6.42. The average Bonchev–Trinajstić information content (AvgIpc) is 2.05. The van der Waals surface area contributed by atoms with Crippen LogP contribution in [0, 0.1) is 0 Å². The Labute approximate surface area is 82.1 Å². The molecule has 0 atom stereocenters. The third-order valence-corrected chi connectivity index (χ3v) is 1.72. The molecule has 1 aromatic heterocycles.